The van der Waals surface area contributed by atoms with Crippen molar-refractivity contribution in [1.29, 1.82) is 0 Å². The Labute approximate surface area is 118 Å². The van der Waals surface area contributed by atoms with Gasteiger partial charge in [0.25, 0.3) is 0 Å². The van der Waals surface area contributed by atoms with Gasteiger partial charge in [-0.15, -0.1) is 0 Å². The van der Waals surface area contributed by atoms with Gasteiger partial charge >= 0.3 is 0 Å². The first-order valence-corrected chi connectivity index (χ1v) is 6.80. The van der Waals surface area contributed by atoms with Gasteiger partial charge in [-0.3, -0.25) is 0 Å². The molecule has 20 heavy (non-hydrogen) atoms. The molecule has 3 rings (SSSR count). The van der Waals surface area contributed by atoms with Crippen molar-refractivity contribution >= 4 is 11.0 Å². The molecule has 2 nitrogen and oxygen atoms in total. The molecular weight excluding hydrogens is 248 g/mol. The monoisotopic (exact) mass is 266 g/mol. The summed E-state index contributed by atoms with van der Waals surface area (Å²) < 4.78 is 5.78. The molecule has 0 saturated heterocycles. The van der Waals surface area contributed by atoms with E-state index in [4.69, 9.17) is 4.42 Å². The van der Waals surface area contributed by atoms with Crippen LogP contribution in [-0.2, 0) is 0 Å². The molecular formula is C18H18O2. The number of rotatable bonds is 2. The molecule has 0 aliphatic carbocycles. The zero-order chi connectivity index (χ0) is 14.3. The Morgan fingerprint density at radius 1 is 1.00 bits per heavy atom. The fourth-order valence-electron chi connectivity index (χ4n) is 2.54. The first-order chi connectivity index (χ1) is 9.56. The smallest absolute Gasteiger partial charge is 0.138 e. The van der Waals surface area contributed by atoms with E-state index in [9.17, 15) is 5.11 Å². The molecule has 0 spiro atoms. The summed E-state index contributed by atoms with van der Waals surface area (Å²) in [6.07, 6.45) is -0.720. The topological polar surface area (TPSA) is 33.4 Å². The molecule has 0 radical (unpaired) electrons. The molecule has 1 unspecified atom stereocenters. The highest BCUT2D eigenvalue weighted by atomic mass is 16.4. The molecule has 2 aromatic carbocycles. The quantitative estimate of drug-likeness (QED) is 0.744. The van der Waals surface area contributed by atoms with Crippen LogP contribution in [0.2, 0.25) is 0 Å². The van der Waals surface area contributed by atoms with Gasteiger partial charge in [-0.05, 0) is 55.7 Å². The van der Waals surface area contributed by atoms with E-state index in [2.05, 4.69) is 6.07 Å². The lowest BCUT2D eigenvalue weighted by Gasteiger charge is -2.13. The zero-order valence-electron chi connectivity index (χ0n) is 12.0. The summed E-state index contributed by atoms with van der Waals surface area (Å²) in [5, 5.41) is 11.6. The lowest BCUT2D eigenvalue weighted by molar-refractivity contribution is 0.191. The minimum atomic E-state index is -0.720. The summed E-state index contributed by atoms with van der Waals surface area (Å²) in [5.41, 5.74) is 5.19. The van der Waals surface area contributed by atoms with E-state index in [1.165, 1.54) is 11.1 Å². The number of aryl methyl sites for hydroxylation is 2. The maximum atomic E-state index is 10.6. The Balaban J connectivity index is 2.08. The number of aliphatic hydroxyl groups excluding tert-OH is 1. The van der Waals surface area contributed by atoms with Crippen LogP contribution in [0.15, 0.2) is 46.9 Å². The van der Waals surface area contributed by atoms with Gasteiger partial charge in [-0.25, -0.2) is 0 Å². The molecule has 0 aliphatic heterocycles. The van der Waals surface area contributed by atoms with Crippen LogP contribution in [0.1, 0.15) is 34.1 Å². The Morgan fingerprint density at radius 2 is 1.80 bits per heavy atom. The molecule has 102 valence electrons. The maximum Gasteiger partial charge on any atom is 0.138 e. The normalized spacial score (nSPS) is 12.8. The summed E-state index contributed by atoms with van der Waals surface area (Å²) in [4.78, 5) is 0. The minimum absolute atomic E-state index is 0.597. The second-order valence-electron chi connectivity index (χ2n) is 5.38. The second-order valence-corrected chi connectivity index (χ2v) is 5.38. The fraction of sp³-hybridized carbons (Fsp3) is 0.222. The zero-order valence-corrected chi connectivity index (χ0v) is 12.0. The van der Waals surface area contributed by atoms with Crippen molar-refractivity contribution in [3.63, 3.8) is 0 Å². The number of benzene rings is 2. The van der Waals surface area contributed by atoms with E-state index in [0.717, 1.165) is 22.1 Å². The summed E-state index contributed by atoms with van der Waals surface area (Å²) in [5.74, 6) is 0.597. The van der Waals surface area contributed by atoms with Crippen LogP contribution in [-0.4, -0.2) is 5.11 Å². The van der Waals surface area contributed by atoms with Gasteiger partial charge in [0.2, 0.25) is 0 Å². The van der Waals surface area contributed by atoms with Crippen LogP contribution in [0, 0.1) is 20.8 Å². The molecule has 2 heteroatoms. The largest absolute Gasteiger partial charge is 0.458 e. The highest BCUT2D eigenvalue weighted by molar-refractivity contribution is 5.78. The summed E-state index contributed by atoms with van der Waals surface area (Å²) in [7, 11) is 0. The molecule has 1 heterocycles. The number of fused-ring (bicyclic) bond motifs is 1. The third-order valence-electron chi connectivity index (χ3n) is 3.90. The van der Waals surface area contributed by atoms with Gasteiger partial charge in [-0.2, -0.15) is 0 Å². The molecule has 0 saturated carbocycles. The lowest BCUT2D eigenvalue weighted by atomic mass is 9.98. The Bertz CT molecular complexity index is 768. The van der Waals surface area contributed by atoms with Gasteiger partial charge in [-0.1, -0.05) is 29.8 Å². The van der Waals surface area contributed by atoms with Crippen molar-refractivity contribution in [3.05, 3.63) is 70.5 Å². The molecule has 0 amide bonds. The van der Waals surface area contributed by atoms with Crippen molar-refractivity contribution in [1.82, 2.24) is 0 Å². The Morgan fingerprint density at radius 3 is 2.60 bits per heavy atom. The lowest BCUT2D eigenvalue weighted by Crippen LogP contribution is -2.01. The van der Waals surface area contributed by atoms with Crippen LogP contribution in [0.25, 0.3) is 11.0 Å². The van der Waals surface area contributed by atoms with E-state index >= 15 is 0 Å². The number of hydrogen-bond donors (Lipinski definition) is 1. The van der Waals surface area contributed by atoms with Gasteiger partial charge < -0.3 is 9.52 Å². The van der Waals surface area contributed by atoms with Crippen molar-refractivity contribution in [2.75, 3.05) is 0 Å². The SMILES string of the molecule is Cc1ccc2oc(C(O)c3cccc(C)c3C)cc2c1. The van der Waals surface area contributed by atoms with E-state index in [1.807, 2.05) is 57.2 Å². The van der Waals surface area contributed by atoms with E-state index in [-0.39, 0.29) is 0 Å². The molecule has 3 aromatic rings. The highest BCUT2D eigenvalue weighted by Crippen LogP contribution is 2.30. The third kappa shape index (κ3) is 2.12. The summed E-state index contributed by atoms with van der Waals surface area (Å²) in [6.45, 7) is 6.13. The van der Waals surface area contributed by atoms with Crippen LogP contribution in [0.4, 0.5) is 0 Å². The Hall–Kier alpha value is -2.06. The van der Waals surface area contributed by atoms with Crippen molar-refractivity contribution < 1.29 is 9.52 Å². The number of hydrogen-bond acceptors (Lipinski definition) is 2. The molecule has 0 fully saturated rings. The van der Waals surface area contributed by atoms with E-state index in [0.29, 0.717) is 5.76 Å². The standard InChI is InChI=1S/C18H18O2/c1-11-7-8-16-14(9-11)10-17(20-16)18(19)15-6-4-5-12(2)13(15)3/h4-10,18-19H,1-3H3. The average molecular weight is 266 g/mol. The van der Waals surface area contributed by atoms with Crippen LogP contribution >= 0.6 is 0 Å². The summed E-state index contributed by atoms with van der Waals surface area (Å²) in [6, 6.07) is 13.9. The Kier molecular flexibility index (Phi) is 3.11. The minimum Gasteiger partial charge on any atom is -0.458 e. The van der Waals surface area contributed by atoms with Crippen molar-refractivity contribution in [2.45, 2.75) is 26.9 Å². The molecule has 1 N–H and O–H groups in total. The fourth-order valence-corrected chi connectivity index (χ4v) is 2.54. The molecule has 1 aromatic heterocycles. The second kappa shape index (κ2) is 4.80. The van der Waals surface area contributed by atoms with Crippen LogP contribution in [0.3, 0.4) is 0 Å². The summed E-state index contributed by atoms with van der Waals surface area (Å²) >= 11 is 0. The first kappa shape index (κ1) is 12.9. The third-order valence-corrected chi connectivity index (χ3v) is 3.90. The van der Waals surface area contributed by atoms with Crippen LogP contribution in [0.5, 0.6) is 0 Å². The highest BCUT2D eigenvalue weighted by Gasteiger charge is 2.18. The average Bonchev–Trinajstić information content (AvgIpc) is 2.84. The first-order valence-electron chi connectivity index (χ1n) is 6.80. The van der Waals surface area contributed by atoms with Crippen molar-refractivity contribution in [3.8, 4) is 0 Å². The van der Waals surface area contributed by atoms with E-state index < -0.39 is 6.10 Å². The number of aliphatic hydroxyl groups is 1. The maximum absolute atomic E-state index is 10.6. The van der Waals surface area contributed by atoms with Gasteiger partial charge in [0.15, 0.2) is 0 Å². The molecule has 0 aliphatic rings. The molecule has 1 atom stereocenters. The molecule has 0 bridgehead atoms. The van der Waals surface area contributed by atoms with Gasteiger partial charge in [0.1, 0.15) is 17.4 Å². The van der Waals surface area contributed by atoms with E-state index in [1.54, 1.807) is 0 Å². The van der Waals surface area contributed by atoms with Crippen LogP contribution < -0.4 is 0 Å². The number of furan rings is 1. The predicted octanol–water partition coefficient (Wildman–Crippen LogP) is 4.44. The van der Waals surface area contributed by atoms with Gasteiger partial charge in [0.05, 0.1) is 0 Å². The van der Waals surface area contributed by atoms with Gasteiger partial charge in [0, 0.05) is 5.39 Å². The van der Waals surface area contributed by atoms with Crippen molar-refractivity contribution in [2.24, 2.45) is 0 Å². The predicted molar refractivity (Wildman–Crippen MR) is 80.9 cm³/mol.